The van der Waals surface area contributed by atoms with Gasteiger partial charge in [0.25, 0.3) is 0 Å². The lowest BCUT2D eigenvalue weighted by molar-refractivity contribution is 0.309. The van der Waals surface area contributed by atoms with Gasteiger partial charge in [-0.25, -0.2) is 12.7 Å². The van der Waals surface area contributed by atoms with Crippen molar-refractivity contribution in [2.45, 2.75) is 50.5 Å². The molecule has 134 valence electrons. The van der Waals surface area contributed by atoms with E-state index in [1.165, 1.54) is 37.7 Å². The largest absolute Gasteiger partial charge is 0.359 e. The van der Waals surface area contributed by atoms with Gasteiger partial charge in [0.15, 0.2) is 5.11 Å². The van der Waals surface area contributed by atoms with Crippen molar-refractivity contribution in [3.63, 3.8) is 0 Å². The maximum Gasteiger partial charge on any atom is 0.242 e. The molecule has 1 aromatic carbocycles. The van der Waals surface area contributed by atoms with E-state index in [2.05, 4.69) is 17.6 Å². The molecular weight excluding hydrogens is 342 g/mol. The number of nitrogens with one attached hydrogen (secondary N) is 2. The van der Waals surface area contributed by atoms with Gasteiger partial charge in [-0.3, -0.25) is 0 Å². The summed E-state index contributed by atoms with van der Waals surface area (Å²) in [6.45, 7) is 4.04. The normalized spacial score (nSPS) is 21.5. The van der Waals surface area contributed by atoms with E-state index in [0.29, 0.717) is 33.2 Å². The van der Waals surface area contributed by atoms with Gasteiger partial charge in [-0.05, 0) is 55.6 Å². The van der Waals surface area contributed by atoms with E-state index >= 15 is 0 Å². The maximum absolute atomic E-state index is 12.4. The minimum atomic E-state index is -3.47. The Hall–Kier alpha value is -1.18. The summed E-state index contributed by atoms with van der Waals surface area (Å²) in [6, 6.07) is 5.67. The zero-order valence-corrected chi connectivity index (χ0v) is 16.4. The summed E-state index contributed by atoms with van der Waals surface area (Å²) in [6.07, 6.45) is 4.84. The van der Waals surface area contributed by atoms with E-state index in [1.54, 1.807) is 19.1 Å². The van der Waals surface area contributed by atoms with Crippen molar-refractivity contribution in [3.05, 3.63) is 23.8 Å². The Morgan fingerprint density at radius 2 is 1.92 bits per heavy atom. The lowest BCUT2D eigenvalue weighted by atomic mass is 9.86. The smallest absolute Gasteiger partial charge is 0.242 e. The summed E-state index contributed by atoms with van der Waals surface area (Å²) in [4.78, 5) is 0.298. The number of sulfonamides is 1. The molecule has 1 fully saturated rings. The molecule has 0 saturated heterocycles. The summed E-state index contributed by atoms with van der Waals surface area (Å²) in [5.41, 5.74) is 1.40. The number of hydrogen-bond acceptors (Lipinski definition) is 3. The van der Waals surface area contributed by atoms with Crippen LogP contribution in [-0.4, -0.2) is 38.0 Å². The van der Waals surface area contributed by atoms with E-state index in [1.807, 2.05) is 6.07 Å². The molecule has 0 aliphatic heterocycles. The number of hydrogen-bond donors (Lipinski definition) is 2. The lowest BCUT2D eigenvalue weighted by Gasteiger charge is -2.30. The van der Waals surface area contributed by atoms with Crippen LogP contribution in [0.5, 0.6) is 0 Å². The third-order valence-corrected chi connectivity index (χ3v) is 6.81. The van der Waals surface area contributed by atoms with Gasteiger partial charge in [-0.15, -0.1) is 0 Å². The molecule has 0 amide bonds. The Kier molecular flexibility index (Phi) is 6.22. The first-order chi connectivity index (χ1) is 11.2. The number of aryl methyl sites for hydroxylation is 1. The number of nitrogens with zero attached hydrogens (tertiary/aromatic N) is 1. The van der Waals surface area contributed by atoms with Crippen molar-refractivity contribution in [1.82, 2.24) is 9.62 Å². The molecule has 0 spiro atoms. The fourth-order valence-electron chi connectivity index (χ4n) is 3.02. The van der Waals surface area contributed by atoms with Crippen LogP contribution in [0.2, 0.25) is 0 Å². The molecule has 2 N–H and O–H groups in total. The quantitative estimate of drug-likeness (QED) is 0.799. The van der Waals surface area contributed by atoms with Gasteiger partial charge in [0.1, 0.15) is 0 Å². The summed E-state index contributed by atoms with van der Waals surface area (Å²) in [7, 11) is -0.406. The molecule has 24 heavy (non-hydrogen) atoms. The zero-order valence-electron chi connectivity index (χ0n) is 14.8. The molecule has 0 radical (unpaired) electrons. The van der Waals surface area contributed by atoms with E-state index < -0.39 is 10.0 Å². The monoisotopic (exact) mass is 369 g/mol. The van der Waals surface area contributed by atoms with Crippen LogP contribution >= 0.6 is 12.2 Å². The predicted molar refractivity (Wildman–Crippen MR) is 103 cm³/mol. The van der Waals surface area contributed by atoms with Crippen LogP contribution in [0.3, 0.4) is 0 Å². The van der Waals surface area contributed by atoms with Crippen LogP contribution < -0.4 is 10.6 Å². The molecule has 2 rings (SSSR count). The van der Waals surface area contributed by atoms with Crippen molar-refractivity contribution in [3.8, 4) is 0 Å². The first-order valence-corrected chi connectivity index (χ1v) is 10.2. The van der Waals surface area contributed by atoms with Crippen molar-refractivity contribution >= 4 is 33.0 Å². The number of anilines is 1. The molecule has 0 aromatic heterocycles. The third kappa shape index (κ3) is 4.46. The van der Waals surface area contributed by atoms with Gasteiger partial charge in [-0.1, -0.05) is 25.8 Å². The molecule has 1 aromatic rings. The highest BCUT2D eigenvalue weighted by molar-refractivity contribution is 7.89. The Morgan fingerprint density at radius 1 is 1.25 bits per heavy atom. The molecule has 1 aliphatic carbocycles. The van der Waals surface area contributed by atoms with E-state index in [4.69, 9.17) is 12.2 Å². The summed E-state index contributed by atoms with van der Waals surface area (Å²) < 4.78 is 26.0. The van der Waals surface area contributed by atoms with Crippen LogP contribution in [-0.2, 0) is 10.0 Å². The van der Waals surface area contributed by atoms with Crippen LogP contribution in [0.4, 0.5) is 5.69 Å². The van der Waals surface area contributed by atoms with Gasteiger partial charge < -0.3 is 10.6 Å². The molecule has 1 aliphatic rings. The predicted octanol–water partition coefficient (Wildman–Crippen LogP) is 3.11. The topological polar surface area (TPSA) is 61.4 Å². The Morgan fingerprint density at radius 3 is 2.54 bits per heavy atom. The van der Waals surface area contributed by atoms with Crippen molar-refractivity contribution in [1.29, 1.82) is 0 Å². The van der Waals surface area contributed by atoms with Gasteiger partial charge in [0, 0.05) is 25.8 Å². The lowest BCUT2D eigenvalue weighted by Crippen LogP contribution is -2.43. The standard InChI is InChI=1S/C17H27N3O2S2/c1-12-7-5-6-8-15(12)19-17(23)18-14-10-9-13(2)16(11-14)24(21,22)20(3)4/h9-12,15H,5-8H2,1-4H3,(H2,18,19,23)/t12-,15+/m1/s1. The van der Waals surface area contributed by atoms with Crippen molar-refractivity contribution in [2.24, 2.45) is 5.92 Å². The summed E-state index contributed by atoms with van der Waals surface area (Å²) in [5, 5.41) is 7.05. The first-order valence-electron chi connectivity index (χ1n) is 8.32. The van der Waals surface area contributed by atoms with Gasteiger partial charge in [-0.2, -0.15) is 0 Å². The van der Waals surface area contributed by atoms with E-state index in [-0.39, 0.29) is 0 Å². The van der Waals surface area contributed by atoms with Gasteiger partial charge in [0.05, 0.1) is 4.90 Å². The summed E-state index contributed by atoms with van der Waals surface area (Å²) in [5.74, 6) is 0.598. The molecular formula is C17H27N3O2S2. The minimum absolute atomic E-state index is 0.298. The second-order valence-corrected chi connectivity index (χ2v) is 9.26. The summed E-state index contributed by atoms with van der Waals surface area (Å²) >= 11 is 5.41. The number of rotatable bonds is 4. The number of benzene rings is 1. The van der Waals surface area contributed by atoms with Gasteiger partial charge in [0.2, 0.25) is 10.0 Å². The van der Waals surface area contributed by atoms with E-state index in [9.17, 15) is 8.42 Å². The molecule has 0 unspecified atom stereocenters. The fraction of sp³-hybridized carbons (Fsp3) is 0.588. The van der Waals surface area contributed by atoms with Crippen LogP contribution in [0, 0.1) is 12.8 Å². The average Bonchev–Trinajstić information content (AvgIpc) is 2.51. The van der Waals surface area contributed by atoms with Gasteiger partial charge >= 0.3 is 0 Å². The highest BCUT2D eigenvalue weighted by Gasteiger charge is 2.23. The SMILES string of the molecule is Cc1ccc(NC(=S)N[C@H]2CCCC[C@H]2C)cc1S(=O)(=O)N(C)C. The highest BCUT2D eigenvalue weighted by atomic mass is 32.2. The molecule has 7 heteroatoms. The van der Waals surface area contributed by atoms with Crippen LogP contribution in [0.1, 0.15) is 38.2 Å². The van der Waals surface area contributed by atoms with Crippen LogP contribution in [0.15, 0.2) is 23.1 Å². The van der Waals surface area contributed by atoms with Crippen molar-refractivity contribution < 1.29 is 8.42 Å². The molecule has 5 nitrogen and oxygen atoms in total. The second-order valence-electron chi connectivity index (χ2n) is 6.73. The fourth-order valence-corrected chi connectivity index (χ4v) is 4.43. The average molecular weight is 370 g/mol. The maximum atomic E-state index is 12.4. The first kappa shape index (κ1) is 19.1. The second kappa shape index (κ2) is 7.80. The minimum Gasteiger partial charge on any atom is -0.359 e. The molecule has 2 atom stereocenters. The molecule has 0 heterocycles. The third-order valence-electron chi connectivity index (χ3n) is 4.63. The molecule has 0 bridgehead atoms. The van der Waals surface area contributed by atoms with Crippen molar-refractivity contribution in [2.75, 3.05) is 19.4 Å². The Bertz CT molecular complexity index is 702. The Balaban J connectivity index is 2.11. The van der Waals surface area contributed by atoms with Crippen LogP contribution in [0.25, 0.3) is 0 Å². The van der Waals surface area contributed by atoms with E-state index in [0.717, 1.165) is 6.42 Å². The number of thiocarbonyl (C=S) groups is 1. The molecule has 1 saturated carbocycles. The Labute approximate surface area is 150 Å². The zero-order chi connectivity index (χ0) is 17.9. The highest BCUT2D eigenvalue weighted by Crippen LogP contribution is 2.25.